The van der Waals surface area contributed by atoms with E-state index in [-0.39, 0.29) is 18.1 Å². The van der Waals surface area contributed by atoms with Gasteiger partial charge in [-0.2, -0.15) is 13.2 Å². The third-order valence-electron chi connectivity index (χ3n) is 15.7. The number of hydrogen-bond donors (Lipinski definition) is 0. The third kappa shape index (κ3) is 9.16. The molecular weight excluding hydrogens is 1230 g/mol. The van der Waals surface area contributed by atoms with Crippen LogP contribution in [-0.2, 0) is 12.6 Å². The van der Waals surface area contributed by atoms with Gasteiger partial charge in [0.2, 0.25) is 0 Å². The minimum Gasteiger partial charge on any atom is -0.311 e. The largest absolute Gasteiger partial charge is 0.416 e. The lowest BCUT2D eigenvalue weighted by molar-refractivity contribution is -0.137. The van der Waals surface area contributed by atoms with Crippen LogP contribution in [-0.4, -0.2) is 26.2 Å². The highest BCUT2D eigenvalue weighted by Gasteiger charge is 2.44. The molecule has 2 aliphatic heterocycles. The number of nitrogens with zero attached hydrogens (tertiary/aromatic N) is 6. The monoisotopic (exact) mass is 1280 g/mol. The number of hydrogen-bond acceptors (Lipinski definition) is 5. The van der Waals surface area contributed by atoms with E-state index in [1.807, 2.05) is 83.4 Å². The van der Waals surface area contributed by atoms with E-state index in [2.05, 4.69) is 190 Å². The lowest BCUT2D eigenvalue weighted by atomic mass is 9.33. The fraction of sp³-hybridized carbons (Fsp3) is 0.0870. The zero-order valence-electron chi connectivity index (χ0n) is 44.1. The first kappa shape index (κ1) is 51.1. The lowest BCUT2D eigenvalue weighted by Gasteiger charge is -2.44. The average Bonchev–Trinajstić information content (AvgIpc) is 3.43. The quantitative estimate of drug-likeness (QED) is 0.101. The standard InChI is InChI=1S/C69H48BF3I2N6/c1-3-4-17-43-32-51(75)41-53(33-43)81-62-27-16-13-24-58(62)70-57-23-12-15-26-61(57)80(52-31-42(2)30-50(74)40-52)63-37-47(38-64(81)65(63)70)46-28-29-60-56(36-46)55-22-11-14-25-59(55)79(60)54-35-48(34-49(39-54)69(71,72)73)68-77-66(44-18-7-5-8-19-44)76-67(78-68)45-20-9-6-10-21-45/h5-16,18-41H,3-4,17H2,1-2H3. The van der Waals surface area contributed by atoms with Crippen LogP contribution in [0.15, 0.2) is 218 Å². The van der Waals surface area contributed by atoms with E-state index >= 15 is 13.2 Å². The van der Waals surface area contributed by atoms with Crippen LogP contribution in [0.4, 0.5) is 47.3 Å². The number of aromatic nitrogens is 4. The van der Waals surface area contributed by atoms with Gasteiger partial charge in [0.1, 0.15) is 0 Å². The summed E-state index contributed by atoms with van der Waals surface area (Å²) >= 11 is 4.91. The van der Waals surface area contributed by atoms with Crippen LogP contribution in [0.5, 0.6) is 0 Å². The minimum atomic E-state index is -4.69. The lowest BCUT2D eigenvalue weighted by Crippen LogP contribution is -2.61. The fourth-order valence-corrected chi connectivity index (χ4v) is 13.7. The molecule has 6 nitrogen and oxygen atoms in total. The summed E-state index contributed by atoms with van der Waals surface area (Å²) in [6, 6.07) is 73.5. The Labute approximate surface area is 495 Å². The van der Waals surface area contributed by atoms with Crippen molar-refractivity contribution in [3.05, 3.63) is 242 Å². The predicted octanol–water partition coefficient (Wildman–Crippen LogP) is 17.6. The summed E-state index contributed by atoms with van der Waals surface area (Å²) in [6.45, 7) is 4.34. The topological polar surface area (TPSA) is 50.1 Å². The molecule has 0 amide bonds. The Kier molecular flexibility index (Phi) is 12.9. The van der Waals surface area contributed by atoms with E-state index in [1.165, 1.54) is 37.2 Å². The van der Waals surface area contributed by atoms with Gasteiger partial charge in [0.15, 0.2) is 17.5 Å². The van der Waals surface area contributed by atoms with Crippen molar-refractivity contribution in [1.82, 2.24) is 19.5 Å². The number of unbranched alkanes of at least 4 members (excludes halogenated alkanes) is 1. The summed E-state index contributed by atoms with van der Waals surface area (Å²) in [6.07, 6.45) is -1.49. The second-order valence-corrected chi connectivity index (χ2v) is 23.4. The highest BCUT2D eigenvalue weighted by atomic mass is 127. The molecular formula is C69H48BF3I2N6. The van der Waals surface area contributed by atoms with Gasteiger partial charge in [0.05, 0.1) is 16.6 Å². The number of alkyl halides is 3. The van der Waals surface area contributed by atoms with Crippen LogP contribution in [0.25, 0.3) is 72.8 Å². The Morgan fingerprint density at radius 2 is 1.01 bits per heavy atom. The van der Waals surface area contributed by atoms with Gasteiger partial charge in [-0.1, -0.05) is 135 Å². The highest BCUT2D eigenvalue weighted by Crippen LogP contribution is 2.48. The maximum atomic E-state index is 15.4. The van der Waals surface area contributed by atoms with Crippen LogP contribution in [0.3, 0.4) is 0 Å². The van der Waals surface area contributed by atoms with E-state index in [1.54, 1.807) is 6.07 Å². The molecule has 81 heavy (non-hydrogen) atoms. The average molecular weight is 1280 g/mol. The third-order valence-corrected chi connectivity index (χ3v) is 16.9. The molecule has 2 aliphatic rings. The molecule has 4 heterocycles. The van der Waals surface area contributed by atoms with Crippen molar-refractivity contribution in [3.8, 4) is 51.0 Å². The molecule has 0 fully saturated rings. The van der Waals surface area contributed by atoms with Gasteiger partial charge in [0, 0.05) is 74.4 Å². The molecule has 0 atom stereocenters. The number of benzene rings is 10. The first-order valence-corrected chi connectivity index (χ1v) is 29.3. The fourth-order valence-electron chi connectivity index (χ4n) is 12.2. The number of rotatable bonds is 10. The maximum absolute atomic E-state index is 15.4. The van der Waals surface area contributed by atoms with Crippen LogP contribution >= 0.6 is 45.2 Å². The smallest absolute Gasteiger partial charge is 0.311 e. The summed E-state index contributed by atoms with van der Waals surface area (Å²) < 4.78 is 50.4. The summed E-state index contributed by atoms with van der Waals surface area (Å²) in [5.74, 6) is 0.851. The van der Waals surface area contributed by atoms with E-state index in [9.17, 15) is 0 Å². The minimum absolute atomic E-state index is 0.0552. The maximum Gasteiger partial charge on any atom is 0.416 e. The Morgan fingerprint density at radius 3 is 1.63 bits per heavy atom. The van der Waals surface area contributed by atoms with E-state index in [0.29, 0.717) is 17.3 Å². The molecule has 2 aromatic heterocycles. The summed E-state index contributed by atoms with van der Waals surface area (Å²) in [5.41, 5.74) is 17.5. The van der Waals surface area contributed by atoms with E-state index in [4.69, 9.17) is 15.0 Å². The van der Waals surface area contributed by atoms with Crippen molar-refractivity contribution in [2.24, 2.45) is 0 Å². The van der Waals surface area contributed by atoms with E-state index < -0.39 is 11.7 Å². The van der Waals surface area contributed by atoms with Gasteiger partial charge in [-0.05, 0) is 201 Å². The zero-order chi connectivity index (χ0) is 55.1. The second kappa shape index (κ2) is 20.5. The molecule has 0 N–H and O–H groups in total. The van der Waals surface area contributed by atoms with Crippen LogP contribution in [0.1, 0.15) is 36.5 Å². The molecule has 0 bridgehead atoms. The number of anilines is 6. The molecule has 392 valence electrons. The number of para-hydroxylation sites is 3. The van der Waals surface area contributed by atoms with Crippen LogP contribution < -0.4 is 26.2 Å². The molecule has 0 aliphatic carbocycles. The van der Waals surface area contributed by atoms with Crippen molar-refractivity contribution in [2.75, 3.05) is 9.80 Å². The van der Waals surface area contributed by atoms with Gasteiger partial charge in [0.25, 0.3) is 6.71 Å². The van der Waals surface area contributed by atoms with Crippen molar-refractivity contribution < 1.29 is 13.2 Å². The summed E-state index contributed by atoms with van der Waals surface area (Å²) in [7, 11) is 0. The zero-order valence-corrected chi connectivity index (χ0v) is 48.4. The SMILES string of the molecule is CCCCc1cc(I)cc(N2c3ccccc3B3c4ccccc4N(c4cc(C)cc(I)c4)c4cc(-c5ccc6c(c5)c5ccccc5n6-c5cc(-c6nc(-c7ccccc7)nc(-c7ccccc7)n6)cc(C(F)(F)F)c5)cc2c43)c1. The molecule has 12 aromatic rings. The van der Waals surface area contributed by atoms with Crippen LogP contribution in [0.2, 0.25) is 0 Å². The summed E-state index contributed by atoms with van der Waals surface area (Å²) in [4.78, 5) is 19.5. The van der Waals surface area contributed by atoms with Gasteiger partial charge >= 0.3 is 6.18 Å². The van der Waals surface area contributed by atoms with Crippen molar-refractivity contribution >= 4 is 124 Å². The Hall–Kier alpha value is -8.08. The Morgan fingerprint density at radius 1 is 0.457 bits per heavy atom. The first-order chi connectivity index (χ1) is 39.4. The molecule has 0 saturated heterocycles. The molecule has 14 rings (SSSR count). The van der Waals surface area contributed by atoms with Gasteiger partial charge in [-0.15, -0.1) is 0 Å². The second-order valence-electron chi connectivity index (χ2n) is 20.9. The van der Waals surface area contributed by atoms with Crippen molar-refractivity contribution in [3.63, 3.8) is 0 Å². The molecule has 10 aromatic carbocycles. The van der Waals surface area contributed by atoms with Crippen LogP contribution in [0, 0.1) is 14.1 Å². The number of halogens is 5. The van der Waals surface area contributed by atoms with Crippen molar-refractivity contribution in [1.29, 1.82) is 0 Å². The Balaban J connectivity index is 0.996. The highest BCUT2D eigenvalue weighted by molar-refractivity contribution is 14.1. The first-order valence-electron chi connectivity index (χ1n) is 27.1. The number of fused-ring (bicyclic) bond motifs is 7. The number of aryl methyl sites for hydroxylation is 2. The molecule has 0 spiro atoms. The molecule has 0 unspecified atom stereocenters. The van der Waals surface area contributed by atoms with Gasteiger partial charge < -0.3 is 14.4 Å². The normalized spacial score (nSPS) is 12.7. The summed E-state index contributed by atoms with van der Waals surface area (Å²) in [5, 5.41) is 1.81. The predicted molar refractivity (Wildman–Crippen MR) is 344 cm³/mol. The van der Waals surface area contributed by atoms with Gasteiger partial charge in [-0.3, -0.25) is 0 Å². The van der Waals surface area contributed by atoms with Crippen molar-refractivity contribution in [2.45, 2.75) is 39.3 Å². The van der Waals surface area contributed by atoms with Gasteiger partial charge in [-0.25, -0.2) is 15.0 Å². The molecule has 0 radical (unpaired) electrons. The molecule has 0 saturated carbocycles. The van der Waals surface area contributed by atoms with E-state index in [0.717, 1.165) is 107 Å². The molecule has 12 heteroatoms. The Bertz CT molecular complexity index is 4390.